The van der Waals surface area contributed by atoms with Crippen molar-refractivity contribution in [1.29, 1.82) is 0 Å². The second-order valence-electron chi connectivity index (χ2n) is 5.71. The summed E-state index contributed by atoms with van der Waals surface area (Å²) in [5.41, 5.74) is 1.17. The Kier molecular flexibility index (Phi) is 4.04. The zero-order valence-corrected chi connectivity index (χ0v) is 12.1. The van der Waals surface area contributed by atoms with Crippen LogP contribution in [0.1, 0.15) is 36.5 Å². The predicted octanol–water partition coefficient (Wildman–Crippen LogP) is 1.18. The summed E-state index contributed by atoms with van der Waals surface area (Å²) in [5.74, 6) is 0.612. The highest BCUT2D eigenvalue weighted by Gasteiger charge is 2.18. The number of rotatable bonds is 5. The van der Waals surface area contributed by atoms with Gasteiger partial charge in [-0.2, -0.15) is 0 Å². The molecule has 0 aliphatic carbocycles. The van der Waals surface area contributed by atoms with E-state index in [1.54, 1.807) is 22.7 Å². The number of nitrogens with one attached hydrogen (secondary N) is 1. The maximum Gasteiger partial charge on any atom is 0.252 e. The van der Waals surface area contributed by atoms with Crippen molar-refractivity contribution in [2.75, 3.05) is 13.2 Å². The third-order valence-corrected chi connectivity index (χ3v) is 3.35. The topological polar surface area (TPSA) is 79.5 Å². The van der Waals surface area contributed by atoms with Crippen LogP contribution in [-0.4, -0.2) is 38.8 Å². The Morgan fingerprint density at radius 1 is 1.40 bits per heavy atom. The molecule has 6 heteroatoms. The van der Waals surface area contributed by atoms with Gasteiger partial charge in [-0.3, -0.25) is 9.20 Å². The molecule has 2 heterocycles. The van der Waals surface area contributed by atoms with Gasteiger partial charge in [0.2, 0.25) is 0 Å². The molecule has 2 aromatic rings. The number of pyridine rings is 1. The SMILES string of the molecule is Cc1nnc2ccc(C(=O)NCC(C)(C)CCO)cn12. The molecule has 0 saturated heterocycles. The van der Waals surface area contributed by atoms with Crippen molar-refractivity contribution < 1.29 is 9.90 Å². The summed E-state index contributed by atoms with van der Waals surface area (Å²) >= 11 is 0. The van der Waals surface area contributed by atoms with Crippen LogP contribution < -0.4 is 5.32 Å². The molecule has 0 aliphatic rings. The van der Waals surface area contributed by atoms with Gasteiger partial charge in [0, 0.05) is 19.3 Å². The van der Waals surface area contributed by atoms with E-state index in [-0.39, 0.29) is 17.9 Å². The van der Waals surface area contributed by atoms with Crippen molar-refractivity contribution in [3.8, 4) is 0 Å². The summed E-state index contributed by atoms with van der Waals surface area (Å²) in [6.45, 7) is 6.50. The molecule has 2 N–H and O–H groups in total. The van der Waals surface area contributed by atoms with E-state index in [1.807, 2.05) is 20.8 Å². The van der Waals surface area contributed by atoms with Crippen LogP contribution in [0.5, 0.6) is 0 Å². The summed E-state index contributed by atoms with van der Waals surface area (Å²) in [5, 5.41) is 19.8. The van der Waals surface area contributed by atoms with E-state index in [2.05, 4.69) is 15.5 Å². The smallest absolute Gasteiger partial charge is 0.252 e. The normalized spacial score (nSPS) is 11.8. The van der Waals surface area contributed by atoms with E-state index in [4.69, 9.17) is 5.11 Å². The highest BCUT2D eigenvalue weighted by Crippen LogP contribution is 2.18. The first-order valence-electron chi connectivity index (χ1n) is 6.63. The van der Waals surface area contributed by atoms with E-state index >= 15 is 0 Å². The van der Waals surface area contributed by atoms with Crippen LogP contribution in [-0.2, 0) is 0 Å². The molecule has 0 aliphatic heterocycles. The Bertz CT molecular complexity index is 619. The molecule has 0 fully saturated rings. The molecular formula is C14H20N4O2. The molecular weight excluding hydrogens is 256 g/mol. The molecule has 0 spiro atoms. The minimum atomic E-state index is -0.133. The monoisotopic (exact) mass is 276 g/mol. The third kappa shape index (κ3) is 3.14. The van der Waals surface area contributed by atoms with E-state index in [1.165, 1.54) is 0 Å². The number of aliphatic hydroxyl groups excluding tert-OH is 1. The Hall–Kier alpha value is -1.95. The molecule has 0 radical (unpaired) electrons. The Morgan fingerprint density at radius 2 is 2.15 bits per heavy atom. The molecule has 0 unspecified atom stereocenters. The van der Waals surface area contributed by atoms with Crippen LogP contribution in [0.2, 0.25) is 0 Å². The molecule has 20 heavy (non-hydrogen) atoms. The van der Waals surface area contributed by atoms with Gasteiger partial charge in [0.1, 0.15) is 5.82 Å². The van der Waals surface area contributed by atoms with Gasteiger partial charge in [-0.05, 0) is 30.9 Å². The van der Waals surface area contributed by atoms with Gasteiger partial charge in [0.15, 0.2) is 5.65 Å². The lowest BCUT2D eigenvalue weighted by atomic mass is 9.90. The van der Waals surface area contributed by atoms with Crippen molar-refractivity contribution in [2.45, 2.75) is 27.2 Å². The average Bonchev–Trinajstić information content (AvgIpc) is 2.77. The number of aromatic nitrogens is 3. The maximum atomic E-state index is 12.1. The largest absolute Gasteiger partial charge is 0.396 e. The lowest BCUT2D eigenvalue weighted by molar-refractivity contribution is 0.0927. The van der Waals surface area contributed by atoms with Crippen LogP contribution in [0.4, 0.5) is 0 Å². The molecule has 108 valence electrons. The summed E-state index contributed by atoms with van der Waals surface area (Å²) in [7, 11) is 0. The van der Waals surface area contributed by atoms with E-state index in [0.717, 1.165) is 11.5 Å². The zero-order valence-electron chi connectivity index (χ0n) is 12.1. The second-order valence-corrected chi connectivity index (χ2v) is 5.71. The van der Waals surface area contributed by atoms with Gasteiger partial charge in [-0.15, -0.1) is 10.2 Å². The highest BCUT2D eigenvalue weighted by molar-refractivity contribution is 5.94. The minimum absolute atomic E-state index is 0.120. The Labute approximate surface area is 117 Å². The first kappa shape index (κ1) is 14.5. The van der Waals surface area contributed by atoms with Gasteiger partial charge in [0.25, 0.3) is 5.91 Å². The summed E-state index contributed by atoms with van der Waals surface area (Å²) in [6.07, 6.45) is 2.38. The van der Waals surface area contributed by atoms with Gasteiger partial charge in [-0.25, -0.2) is 0 Å². The Morgan fingerprint density at radius 3 is 2.85 bits per heavy atom. The first-order valence-corrected chi connectivity index (χ1v) is 6.63. The van der Waals surface area contributed by atoms with Gasteiger partial charge in [0.05, 0.1) is 5.56 Å². The lowest BCUT2D eigenvalue weighted by Crippen LogP contribution is -2.34. The van der Waals surface area contributed by atoms with Gasteiger partial charge >= 0.3 is 0 Å². The van der Waals surface area contributed by atoms with Gasteiger partial charge < -0.3 is 10.4 Å². The molecule has 2 rings (SSSR count). The molecule has 0 atom stereocenters. The quantitative estimate of drug-likeness (QED) is 0.859. The number of nitrogens with zero attached hydrogens (tertiary/aromatic N) is 3. The average molecular weight is 276 g/mol. The number of fused-ring (bicyclic) bond motifs is 1. The van der Waals surface area contributed by atoms with Crippen LogP contribution in [0, 0.1) is 12.3 Å². The number of hydrogen-bond donors (Lipinski definition) is 2. The molecule has 0 aromatic carbocycles. The predicted molar refractivity (Wildman–Crippen MR) is 75.5 cm³/mol. The third-order valence-electron chi connectivity index (χ3n) is 3.35. The fraction of sp³-hybridized carbons (Fsp3) is 0.500. The number of carbonyl (C=O) groups excluding carboxylic acids is 1. The minimum Gasteiger partial charge on any atom is -0.396 e. The fourth-order valence-corrected chi connectivity index (χ4v) is 1.95. The first-order chi connectivity index (χ1) is 9.43. The molecule has 0 saturated carbocycles. The lowest BCUT2D eigenvalue weighted by Gasteiger charge is -2.23. The molecule has 2 aromatic heterocycles. The number of hydrogen-bond acceptors (Lipinski definition) is 4. The van der Waals surface area contributed by atoms with Crippen LogP contribution in [0.25, 0.3) is 5.65 Å². The number of aliphatic hydroxyl groups is 1. The summed E-state index contributed by atoms with van der Waals surface area (Å²) < 4.78 is 1.79. The summed E-state index contributed by atoms with van der Waals surface area (Å²) in [6, 6.07) is 3.51. The Balaban J connectivity index is 2.09. The summed E-state index contributed by atoms with van der Waals surface area (Å²) in [4.78, 5) is 12.1. The zero-order chi connectivity index (χ0) is 14.8. The number of amides is 1. The van der Waals surface area contributed by atoms with Crippen molar-refractivity contribution in [2.24, 2.45) is 5.41 Å². The maximum absolute atomic E-state index is 12.1. The van der Waals surface area contributed by atoms with Crippen molar-refractivity contribution in [3.63, 3.8) is 0 Å². The second kappa shape index (κ2) is 5.58. The molecule has 0 bridgehead atoms. The van der Waals surface area contributed by atoms with E-state index in [9.17, 15) is 4.79 Å². The van der Waals surface area contributed by atoms with Crippen molar-refractivity contribution in [1.82, 2.24) is 19.9 Å². The molecule has 6 nitrogen and oxygen atoms in total. The van der Waals surface area contributed by atoms with E-state index in [0.29, 0.717) is 18.5 Å². The molecule has 1 amide bonds. The van der Waals surface area contributed by atoms with Crippen molar-refractivity contribution in [3.05, 3.63) is 29.7 Å². The van der Waals surface area contributed by atoms with Crippen LogP contribution in [0.15, 0.2) is 18.3 Å². The van der Waals surface area contributed by atoms with Crippen LogP contribution >= 0.6 is 0 Å². The fourth-order valence-electron chi connectivity index (χ4n) is 1.95. The van der Waals surface area contributed by atoms with Crippen molar-refractivity contribution >= 4 is 11.6 Å². The number of carbonyl (C=O) groups is 1. The highest BCUT2D eigenvalue weighted by atomic mass is 16.3. The van der Waals surface area contributed by atoms with Crippen LogP contribution in [0.3, 0.4) is 0 Å². The number of aryl methyl sites for hydroxylation is 1. The van der Waals surface area contributed by atoms with E-state index < -0.39 is 0 Å². The standard InChI is InChI=1S/C14H20N4O2/c1-10-16-17-12-5-4-11(8-18(10)12)13(20)15-9-14(2,3)6-7-19/h4-5,8,19H,6-7,9H2,1-3H3,(H,15,20). The van der Waals surface area contributed by atoms with Gasteiger partial charge in [-0.1, -0.05) is 13.8 Å².